The van der Waals surface area contributed by atoms with Gasteiger partial charge in [0.1, 0.15) is 11.7 Å². The highest BCUT2D eigenvalue weighted by Gasteiger charge is 2.42. The summed E-state index contributed by atoms with van der Waals surface area (Å²) in [5.74, 6) is -0.379. The first kappa shape index (κ1) is 14.8. The van der Waals surface area contributed by atoms with Gasteiger partial charge in [0, 0.05) is 11.5 Å². The highest BCUT2D eigenvalue weighted by Crippen LogP contribution is 2.25. The topological polar surface area (TPSA) is 107 Å². The Morgan fingerprint density at radius 2 is 2.33 bits per heavy atom. The molecule has 0 radical (unpaired) electrons. The maximum atomic E-state index is 11.8. The van der Waals surface area contributed by atoms with E-state index in [1.165, 1.54) is 0 Å². The van der Waals surface area contributed by atoms with Crippen LogP contribution in [0.4, 0.5) is 0 Å². The first-order valence-electron chi connectivity index (χ1n) is 5.94. The summed E-state index contributed by atoms with van der Waals surface area (Å²) >= 11 is 0. The number of hydrogen-bond acceptors (Lipinski definition) is 5. The normalized spacial score (nSPS) is 28.3. The van der Waals surface area contributed by atoms with Crippen molar-refractivity contribution in [3.8, 4) is 0 Å². The summed E-state index contributed by atoms with van der Waals surface area (Å²) in [5, 5.41) is 16.8. The highest BCUT2D eigenvalue weighted by atomic mass is 16.6. The predicted molar refractivity (Wildman–Crippen MR) is 65.8 cm³/mol. The molecule has 0 aromatic rings. The average molecular weight is 256 g/mol. The van der Waals surface area contributed by atoms with Crippen LogP contribution in [0.1, 0.15) is 27.2 Å². The summed E-state index contributed by atoms with van der Waals surface area (Å²) in [6.45, 7) is 6.11. The van der Waals surface area contributed by atoms with Crippen molar-refractivity contribution in [1.29, 1.82) is 0 Å². The van der Waals surface area contributed by atoms with E-state index in [0.29, 0.717) is 19.5 Å². The Hall–Kier alpha value is -1.30. The number of esters is 1. The van der Waals surface area contributed by atoms with Gasteiger partial charge in [0.2, 0.25) is 0 Å². The van der Waals surface area contributed by atoms with E-state index in [1.54, 1.807) is 20.8 Å². The standard InChI is InChI=1S/C11H20N4O3/c1-10(2,3)9(16)18-8-6-13-5-4-11(8,17)7-14-15-12/h8,13,17H,4-7H2,1-3H3. The fraction of sp³-hybridized carbons (Fsp3) is 0.909. The Bertz CT molecular complexity index is 360. The number of piperidine rings is 1. The number of rotatable bonds is 3. The second kappa shape index (κ2) is 5.56. The predicted octanol–water partition coefficient (Wildman–Crippen LogP) is 0.979. The fourth-order valence-corrected chi connectivity index (χ4v) is 1.68. The van der Waals surface area contributed by atoms with E-state index >= 15 is 0 Å². The molecule has 0 aromatic carbocycles. The Balaban J connectivity index is 2.76. The van der Waals surface area contributed by atoms with Gasteiger partial charge >= 0.3 is 5.97 Å². The maximum absolute atomic E-state index is 11.8. The zero-order valence-electron chi connectivity index (χ0n) is 11.0. The molecule has 2 N–H and O–H groups in total. The van der Waals surface area contributed by atoms with Gasteiger partial charge in [-0.15, -0.1) is 0 Å². The molecule has 7 heteroatoms. The third-order valence-corrected chi connectivity index (χ3v) is 2.93. The Morgan fingerprint density at radius 3 is 2.89 bits per heavy atom. The van der Waals surface area contributed by atoms with Gasteiger partial charge in [0.25, 0.3) is 0 Å². The van der Waals surface area contributed by atoms with E-state index in [2.05, 4.69) is 15.3 Å². The zero-order chi connectivity index (χ0) is 13.8. The number of aliphatic hydroxyl groups is 1. The van der Waals surface area contributed by atoms with E-state index in [1.807, 2.05) is 0 Å². The van der Waals surface area contributed by atoms with Crippen molar-refractivity contribution >= 4 is 5.97 Å². The molecule has 0 saturated carbocycles. The van der Waals surface area contributed by atoms with E-state index in [0.717, 1.165) is 0 Å². The molecule has 0 aromatic heterocycles. The van der Waals surface area contributed by atoms with Crippen LogP contribution < -0.4 is 5.32 Å². The molecule has 7 nitrogen and oxygen atoms in total. The molecule has 2 atom stereocenters. The highest BCUT2D eigenvalue weighted by molar-refractivity contribution is 5.75. The van der Waals surface area contributed by atoms with Crippen LogP contribution in [0.3, 0.4) is 0 Å². The van der Waals surface area contributed by atoms with Gasteiger partial charge in [-0.05, 0) is 39.3 Å². The lowest BCUT2D eigenvalue weighted by Crippen LogP contribution is -2.58. The summed E-state index contributed by atoms with van der Waals surface area (Å²) in [5.41, 5.74) is 6.43. The number of nitrogens with one attached hydrogen (secondary N) is 1. The van der Waals surface area contributed by atoms with E-state index in [-0.39, 0.29) is 12.5 Å². The smallest absolute Gasteiger partial charge is 0.311 e. The monoisotopic (exact) mass is 256 g/mol. The van der Waals surface area contributed by atoms with Gasteiger partial charge in [-0.3, -0.25) is 4.79 Å². The maximum Gasteiger partial charge on any atom is 0.311 e. The van der Waals surface area contributed by atoms with Crippen LogP contribution in [0.25, 0.3) is 10.4 Å². The SMILES string of the molecule is CC(C)(C)C(=O)OC1CNCCC1(O)CN=[N+]=[N-]. The molecule has 102 valence electrons. The molecule has 0 amide bonds. The zero-order valence-corrected chi connectivity index (χ0v) is 11.0. The van der Waals surface area contributed by atoms with Gasteiger partial charge in [-0.2, -0.15) is 0 Å². The minimum Gasteiger partial charge on any atom is -0.458 e. The van der Waals surface area contributed by atoms with Crippen LogP contribution in [0.2, 0.25) is 0 Å². The van der Waals surface area contributed by atoms with Crippen molar-refractivity contribution in [3.63, 3.8) is 0 Å². The first-order chi connectivity index (χ1) is 8.29. The Morgan fingerprint density at radius 1 is 1.67 bits per heavy atom. The quantitative estimate of drug-likeness (QED) is 0.339. The molecule has 1 heterocycles. The molecule has 1 fully saturated rings. The molecule has 18 heavy (non-hydrogen) atoms. The second-order valence-electron chi connectivity index (χ2n) is 5.59. The van der Waals surface area contributed by atoms with Gasteiger partial charge in [-0.1, -0.05) is 5.11 Å². The van der Waals surface area contributed by atoms with Crippen LogP contribution in [-0.2, 0) is 9.53 Å². The van der Waals surface area contributed by atoms with Crippen LogP contribution in [0.5, 0.6) is 0 Å². The molecule has 0 bridgehead atoms. The van der Waals surface area contributed by atoms with Gasteiger partial charge in [0.05, 0.1) is 12.0 Å². The number of carbonyl (C=O) groups excluding carboxylic acids is 1. The number of nitrogens with zero attached hydrogens (tertiary/aromatic N) is 3. The lowest BCUT2D eigenvalue weighted by Gasteiger charge is -2.39. The van der Waals surface area contributed by atoms with Gasteiger partial charge < -0.3 is 15.2 Å². The first-order valence-corrected chi connectivity index (χ1v) is 5.94. The Labute approximate surface area is 106 Å². The summed E-state index contributed by atoms with van der Waals surface area (Å²) in [7, 11) is 0. The summed E-state index contributed by atoms with van der Waals surface area (Å²) in [6, 6.07) is 0. The molecule has 1 aliphatic heterocycles. The van der Waals surface area contributed by atoms with Gasteiger partial charge in [0.15, 0.2) is 0 Å². The van der Waals surface area contributed by atoms with Crippen LogP contribution in [-0.4, -0.2) is 42.4 Å². The molecular formula is C11H20N4O3. The van der Waals surface area contributed by atoms with Crippen LogP contribution in [0.15, 0.2) is 5.11 Å². The van der Waals surface area contributed by atoms with Crippen LogP contribution in [0, 0.1) is 5.41 Å². The van der Waals surface area contributed by atoms with Crippen molar-refractivity contribution < 1.29 is 14.6 Å². The largest absolute Gasteiger partial charge is 0.458 e. The Kier molecular flexibility index (Phi) is 4.56. The van der Waals surface area contributed by atoms with Crippen molar-refractivity contribution in [1.82, 2.24) is 5.32 Å². The number of hydrogen-bond donors (Lipinski definition) is 2. The number of ether oxygens (including phenoxy) is 1. The molecule has 1 saturated heterocycles. The molecule has 1 aliphatic rings. The molecule has 2 unspecified atom stereocenters. The van der Waals surface area contributed by atoms with E-state index < -0.39 is 17.1 Å². The number of azide groups is 1. The minimum atomic E-state index is -1.28. The molecular weight excluding hydrogens is 236 g/mol. The minimum absolute atomic E-state index is 0.0900. The molecule has 1 rings (SSSR count). The lowest BCUT2D eigenvalue weighted by atomic mass is 9.89. The van der Waals surface area contributed by atoms with Gasteiger partial charge in [-0.25, -0.2) is 0 Å². The van der Waals surface area contributed by atoms with Crippen molar-refractivity contribution in [2.24, 2.45) is 10.5 Å². The van der Waals surface area contributed by atoms with E-state index in [4.69, 9.17) is 10.3 Å². The second-order valence-corrected chi connectivity index (χ2v) is 5.59. The third-order valence-electron chi connectivity index (χ3n) is 2.93. The lowest BCUT2D eigenvalue weighted by molar-refractivity contribution is -0.176. The third kappa shape index (κ3) is 3.60. The van der Waals surface area contributed by atoms with Crippen molar-refractivity contribution in [2.45, 2.75) is 38.9 Å². The summed E-state index contributed by atoms with van der Waals surface area (Å²) in [4.78, 5) is 14.5. The average Bonchev–Trinajstić information content (AvgIpc) is 2.28. The van der Waals surface area contributed by atoms with Crippen molar-refractivity contribution in [3.05, 3.63) is 10.4 Å². The molecule has 0 aliphatic carbocycles. The number of carbonyl (C=O) groups is 1. The fourth-order valence-electron chi connectivity index (χ4n) is 1.68. The summed E-state index contributed by atoms with van der Waals surface area (Å²) in [6.07, 6.45) is -0.308. The van der Waals surface area contributed by atoms with E-state index in [9.17, 15) is 9.90 Å². The van der Waals surface area contributed by atoms with Crippen molar-refractivity contribution in [2.75, 3.05) is 19.6 Å². The van der Waals surface area contributed by atoms with Crippen LogP contribution >= 0.6 is 0 Å². The molecule has 0 spiro atoms. The summed E-state index contributed by atoms with van der Waals surface area (Å²) < 4.78 is 5.33.